The van der Waals surface area contributed by atoms with Gasteiger partial charge in [0, 0.05) is 24.7 Å². The molecule has 3 rings (SSSR count). The van der Waals surface area contributed by atoms with Gasteiger partial charge < -0.3 is 25.8 Å². The molecule has 0 aliphatic carbocycles. The molecule has 0 bridgehead atoms. The molecule has 0 fully saturated rings. The zero-order chi connectivity index (χ0) is 19.9. The van der Waals surface area contributed by atoms with Crippen molar-refractivity contribution in [2.75, 3.05) is 36.2 Å². The summed E-state index contributed by atoms with van der Waals surface area (Å²) in [7, 11) is 1.66. The summed E-state index contributed by atoms with van der Waals surface area (Å²) in [4.78, 5) is 13.2. The molecule has 3 aromatic rings. The van der Waals surface area contributed by atoms with Crippen molar-refractivity contribution >= 4 is 28.6 Å². The Labute approximate surface area is 164 Å². The number of aromatic nitrogens is 3. The summed E-state index contributed by atoms with van der Waals surface area (Å²) in [6, 6.07) is 12.4. The van der Waals surface area contributed by atoms with Crippen molar-refractivity contribution < 1.29 is 9.84 Å². The van der Waals surface area contributed by atoms with Gasteiger partial charge in [0.25, 0.3) is 0 Å². The maximum Gasteiger partial charge on any atom is 0.229 e. The van der Waals surface area contributed by atoms with E-state index in [9.17, 15) is 0 Å². The summed E-state index contributed by atoms with van der Waals surface area (Å²) < 4.78 is 5.55. The molecule has 0 amide bonds. The molecule has 0 saturated carbocycles. The van der Waals surface area contributed by atoms with E-state index in [-0.39, 0.29) is 12.6 Å². The number of hydrogen-bond acceptors (Lipinski definition) is 8. The van der Waals surface area contributed by atoms with Crippen LogP contribution in [0.4, 0.5) is 17.8 Å². The lowest BCUT2D eigenvalue weighted by Gasteiger charge is -2.15. The number of aliphatic hydroxyl groups is 1. The van der Waals surface area contributed by atoms with Crippen molar-refractivity contribution in [1.29, 1.82) is 0 Å². The second-order valence-electron chi connectivity index (χ2n) is 6.58. The lowest BCUT2D eigenvalue weighted by Crippen LogP contribution is -2.17. The van der Waals surface area contributed by atoms with Crippen molar-refractivity contribution in [3.63, 3.8) is 0 Å². The molecule has 0 radical (unpaired) electrons. The minimum atomic E-state index is -0.00537. The summed E-state index contributed by atoms with van der Waals surface area (Å²) in [5.41, 5.74) is 1.03. The van der Waals surface area contributed by atoms with Crippen LogP contribution in [0.3, 0.4) is 0 Å². The minimum absolute atomic E-state index is 0.00537. The van der Waals surface area contributed by atoms with E-state index in [2.05, 4.69) is 43.0 Å². The first-order valence-corrected chi connectivity index (χ1v) is 9.26. The maximum absolute atomic E-state index is 9.04. The normalized spacial score (nSPS) is 10.9. The fourth-order valence-corrected chi connectivity index (χ4v) is 2.88. The molecule has 148 valence electrons. The molecule has 0 atom stereocenters. The van der Waals surface area contributed by atoms with Gasteiger partial charge in [0.2, 0.25) is 17.8 Å². The predicted molar refractivity (Wildman–Crippen MR) is 112 cm³/mol. The topological polar surface area (TPSA) is 104 Å². The van der Waals surface area contributed by atoms with E-state index < -0.39 is 0 Å². The second kappa shape index (κ2) is 9.18. The number of nitrogens with one attached hydrogen (secondary N) is 3. The number of ether oxygens (including phenoxy) is 1. The Kier molecular flexibility index (Phi) is 6.44. The van der Waals surface area contributed by atoms with E-state index in [1.807, 2.05) is 38.1 Å². The smallest absolute Gasteiger partial charge is 0.229 e. The zero-order valence-corrected chi connectivity index (χ0v) is 16.4. The third-order valence-electron chi connectivity index (χ3n) is 4.09. The first kappa shape index (κ1) is 19.6. The molecule has 2 aromatic carbocycles. The van der Waals surface area contributed by atoms with Gasteiger partial charge in [-0.1, -0.05) is 30.3 Å². The Hall–Kier alpha value is -3.13. The standard InChI is InChI=1S/C20H26N6O2/c1-13(2)23-20-25-18(21-10-11-27)24-19(26-20)22-12-16-15-7-5-4-6-14(15)8-9-17(16)28-3/h4-9,13,27H,10-12H2,1-3H3,(H3,21,22,23,24,25,26). The Bertz CT molecular complexity index is 932. The van der Waals surface area contributed by atoms with Gasteiger partial charge in [-0.05, 0) is 30.7 Å². The average molecular weight is 382 g/mol. The molecule has 8 nitrogen and oxygen atoms in total. The highest BCUT2D eigenvalue weighted by atomic mass is 16.5. The van der Waals surface area contributed by atoms with Crippen molar-refractivity contribution in [1.82, 2.24) is 15.0 Å². The Morgan fingerprint density at radius 1 is 0.964 bits per heavy atom. The van der Waals surface area contributed by atoms with Gasteiger partial charge >= 0.3 is 0 Å². The Morgan fingerprint density at radius 2 is 1.68 bits per heavy atom. The molecule has 4 N–H and O–H groups in total. The molecule has 0 spiro atoms. The van der Waals surface area contributed by atoms with Crippen molar-refractivity contribution in [3.8, 4) is 5.75 Å². The van der Waals surface area contributed by atoms with Gasteiger partial charge in [0.1, 0.15) is 5.75 Å². The third-order valence-corrected chi connectivity index (χ3v) is 4.09. The predicted octanol–water partition coefficient (Wildman–Crippen LogP) is 2.87. The third kappa shape index (κ3) is 4.77. The van der Waals surface area contributed by atoms with Crippen LogP contribution in [0.2, 0.25) is 0 Å². The first-order chi connectivity index (χ1) is 13.6. The van der Waals surface area contributed by atoms with Crippen LogP contribution in [0.25, 0.3) is 10.8 Å². The van der Waals surface area contributed by atoms with Crippen molar-refractivity contribution in [3.05, 3.63) is 42.0 Å². The fourth-order valence-electron chi connectivity index (χ4n) is 2.88. The first-order valence-electron chi connectivity index (χ1n) is 9.26. The van der Waals surface area contributed by atoms with Gasteiger partial charge in [0.15, 0.2) is 0 Å². The van der Waals surface area contributed by atoms with Crippen LogP contribution >= 0.6 is 0 Å². The maximum atomic E-state index is 9.04. The number of anilines is 3. The van der Waals surface area contributed by atoms with Crippen LogP contribution in [0.5, 0.6) is 5.75 Å². The van der Waals surface area contributed by atoms with E-state index in [0.717, 1.165) is 22.1 Å². The van der Waals surface area contributed by atoms with Crippen LogP contribution < -0.4 is 20.7 Å². The van der Waals surface area contributed by atoms with Gasteiger partial charge in [-0.15, -0.1) is 0 Å². The number of rotatable bonds is 9. The number of hydrogen-bond donors (Lipinski definition) is 4. The number of nitrogens with zero attached hydrogens (tertiary/aromatic N) is 3. The molecule has 8 heteroatoms. The monoisotopic (exact) mass is 382 g/mol. The SMILES string of the molecule is COc1ccc2ccccc2c1CNc1nc(NCCO)nc(NC(C)C)n1. The number of benzene rings is 2. The van der Waals surface area contributed by atoms with Crippen molar-refractivity contribution in [2.24, 2.45) is 0 Å². The number of fused-ring (bicyclic) bond motifs is 1. The molecule has 28 heavy (non-hydrogen) atoms. The molecule has 0 aliphatic heterocycles. The highest BCUT2D eigenvalue weighted by Crippen LogP contribution is 2.28. The van der Waals surface area contributed by atoms with Crippen LogP contribution in [0, 0.1) is 0 Å². The van der Waals surface area contributed by atoms with E-state index in [4.69, 9.17) is 9.84 Å². The van der Waals surface area contributed by atoms with Crippen molar-refractivity contribution in [2.45, 2.75) is 26.4 Å². The Balaban J connectivity index is 1.88. The summed E-state index contributed by atoms with van der Waals surface area (Å²) >= 11 is 0. The molecule has 0 unspecified atom stereocenters. The van der Waals surface area contributed by atoms with Gasteiger partial charge in [-0.25, -0.2) is 0 Å². The van der Waals surface area contributed by atoms with Crippen LogP contribution in [-0.4, -0.2) is 46.4 Å². The summed E-state index contributed by atoms with van der Waals surface area (Å²) in [5, 5.41) is 20.7. The molecule has 1 aromatic heterocycles. The van der Waals surface area contributed by atoms with Gasteiger partial charge in [-0.3, -0.25) is 0 Å². The van der Waals surface area contributed by atoms with E-state index in [1.165, 1.54) is 0 Å². The average Bonchev–Trinajstić information content (AvgIpc) is 2.69. The number of aliphatic hydroxyl groups excluding tert-OH is 1. The van der Waals surface area contributed by atoms with E-state index in [1.54, 1.807) is 7.11 Å². The lowest BCUT2D eigenvalue weighted by atomic mass is 10.0. The molecule has 0 saturated heterocycles. The van der Waals surface area contributed by atoms with Crippen LogP contribution in [-0.2, 0) is 6.54 Å². The number of methoxy groups -OCH3 is 1. The lowest BCUT2D eigenvalue weighted by molar-refractivity contribution is 0.311. The van der Waals surface area contributed by atoms with E-state index >= 15 is 0 Å². The quantitative estimate of drug-likeness (QED) is 0.448. The highest BCUT2D eigenvalue weighted by Gasteiger charge is 2.11. The second-order valence-corrected chi connectivity index (χ2v) is 6.58. The summed E-state index contributed by atoms with van der Waals surface area (Å²) in [6.07, 6.45) is 0. The van der Waals surface area contributed by atoms with Crippen LogP contribution in [0.1, 0.15) is 19.4 Å². The summed E-state index contributed by atoms with van der Waals surface area (Å²) in [6.45, 7) is 4.88. The van der Waals surface area contributed by atoms with Crippen LogP contribution in [0.15, 0.2) is 36.4 Å². The van der Waals surface area contributed by atoms with Gasteiger partial charge in [-0.2, -0.15) is 15.0 Å². The Morgan fingerprint density at radius 3 is 2.39 bits per heavy atom. The van der Waals surface area contributed by atoms with Gasteiger partial charge in [0.05, 0.1) is 13.7 Å². The summed E-state index contributed by atoms with van der Waals surface area (Å²) in [5.74, 6) is 2.12. The molecular formula is C20H26N6O2. The fraction of sp³-hybridized carbons (Fsp3) is 0.350. The molecule has 1 heterocycles. The molecular weight excluding hydrogens is 356 g/mol. The molecule has 0 aliphatic rings. The highest BCUT2D eigenvalue weighted by molar-refractivity contribution is 5.88. The minimum Gasteiger partial charge on any atom is -0.496 e. The van der Waals surface area contributed by atoms with E-state index in [0.29, 0.717) is 30.9 Å². The largest absolute Gasteiger partial charge is 0.496 e. The zero-order valence-electron chi connectivity index (χ0n) is 16.4.